The molecule has 0 bridgehead atoms. The summed E-state index contributed by atoms with van der Waals surface area (Å²) >= 11 is 0. The maximum absolute atomic E-state index is 9.62. The molecule has 16 heavy (non-hydrogen) atoms. The maximum Gasteiger partial charge on any atom is 0.131 e. The third kappa shape index (κ3) is 2.33. The van der Waals surface area contributed by atoms with Gasteiger partial charge in [-0.15, -0.1) is 0 Å². The van der Waals surface area contributed by atoms with Gasteiger partial charge in [-0.05, 0) is 37.0 Å². The Labute approximate surface area is 95.5 Å². The predicted octanol–water partition coefficient (Wildman–Crippen LogP) is 0.843. The first-order valence-corrected chi connectivity index (χ1v) is 5.70. The summed E-state index contributed by atoms with van der Waals surface area (Å²) in [6.07, 6.45) is 3.34. The van der Waals surface area contributed by atoms with Crippen molar-refractivity contribution in [2.24, 2.45) is 0 Å². The largest absolute Gasteiger partial charge is 0.392 e. The Bertz CT molecular complexity index is 368. The highest BCUT2D eigenvalue weighted by Gasteiger charge is 2.19. The first-order chi connectivity index (χ1) is 7.70. The second kappa shape index (κ2) is 4.80. The molecule has 1 aromatic rings. The van der Waals surface area contributed by atoms with Crippen LogP contribution in [0.4, 0.5) is 5.82 Å². The van der Waals surface area contributed by atoms with E-state index >= 15 is 0 Å². The van der Waals surface area contributed by atoms with Gasteiger partial charge in [-0.3, -0.25) is 0 Å². The zero-order valence-electron chi connectivity index (χ0n) is 9.56. The van der Waals surface area contributed by atoms with Crippen LogP contribution in [-0.4, -0.2) is 34.4 Å². The summed E-state index contributed by atoms with van der Waals surface area (Å²) in [5.41, 5.74) is 1.89. The summed E-state index contributed by atoms with van der Waals surface area (Å²) in [6.45, 7) is 3.62. The molecule has 2 rings (SSSR count). The average molecular weight is 222 g/mol. The van der Waals surface area contributed by atoms with E-state index in [1.165, 1.54) is 0 Å². The molecule has 1 aliphatic rings. The fraction of sp³-hybridized carbons (Fsp3) is 0.583. The fourth-order valence-electron chi connectivity index (χ4n) is 2.19. The average Bonchev–Trinajstić information content (AvgIpc) is 2.28. The summed E-state index contributed by atoms with van der Waals surface area (Å²) in [7, 11) is 0. The molecule has 1 aliphatic heterocycles. The molecule has 1 unspecified atom stereocenters. The molecular formula is C12H18N2O2. The predicted molar refractivity (Wildman–Crippen MR) is 62.4 cm³/mol. The molecule has 2 heterocycles. The molecule has 4 nitrogen and oxygen atoms in total. The lowest BCUT2D eigenvalue weighted by Crippen LogP contribution is -2.39. The number of piperidine rings is 1. The number of hydrogen-bond donors (Lipinski definition) is 2. The monoisotopic (exact) mass is 222 g/mol. The fourth-order valence-corrected chi connectivity index (χ4v) is 2.19. The molecule has 1 fully saturated rings. The number of aliphatic hydroxyl groups is 2. The Morgan fingerprint density at radius 1 is 1.56 bits per heavy atom. The molecule has 1 aromatic heterocycles. The minimum absolute atomic E-state index is 0.0245. The number of aromatic nitrogens is 1. The van der Waals surface area contributed by atoms with Crippen LogP contribution < -0.4 is 4.90 Å². The summed E-state index contributed by atoms with van der Waals surface area (Å²) < 4.78 is 0. The van der Waals surface area contributed by atoms with E-state index in [1.807, 2.05) is 13.0 Å². The van der Waals surface area contributed by atoms with Crippen LogP contribution in [0.2, 0.25) is 0 Å². The number of nitrogens with zero attached hydrogens (tertiary/aromatic N) is 2. The van der Waals surface area contributed by atoms with Gasteiger partial charge in [-0.2, -0.15) is 0 Å². The van der Waals surface area contributed by atoms with Crippen LogP contribution in [0.1, 0.15) is 24.0 Å². The van der Waals surface area contributed by atoms with E-state index in [9.17, 15) is 5.11 Å². The third-order valence-electron chi connectivity index (χ3n) is 2.99. The smallest absolute Gasteiger partial charge is 0.131 e. The van der Waals surface area contributed by atoms with Crippen molar-refractivity contribution in [1.82, 2.24) is 4.98 Å². The van der Waals surface area contributed by atoms with E-state index in [0.29, 0.717) is 6.54 Å². The summed E-state index contributed by atoms with van der Waals surface area (Å²) in [5, 5.41) is 18.6. The standard InChI is InChI=1S/C12H18N2O2/c1-9-5-10(8-15)6-13-12(9)14-4-2-3-11(16)7-14/h5-6,11,15-16H,2-4,7-8H2,1H3. The van der Waals surface area contributed by atoms with Gasteiger partial charge in [0.2, 0.25) is 0 Å². The van der Waals surface area contributed by atoms with Gasteiger partial charge < -0.3 is 15.1 Å². The van der Waals surface area contributed by atoms with E-state index < -0.39 is 0 Å². The van der Waals surface area contributed by atoms with Crippen LogP contribution in [0.25, 0.3) is 0 Å². The van der Waals surface area contributed by atoms with Gasteiger partial charge in [-0.25, -0.2) is 4.98 Å². The number of anilines is 1. The molecule has 0 saturated carbocycles. The third-order valence-corrected chi connectivity index (χ3v) is 2.99. The Kier molecular flexibility index (Phi) is 3.41. The van der Waals surface area contributed by atoms with Crippen LogP contribution in [0.3, 0.4) is 0 Å². The van der Waals surface area contributed by atoms with Crippen molar-refractivity contribution in [3.63, 3.8) is 0 Å². The van der Waals surface area contributed by atoms with Crippen molar-refractivity contribution >= 4 is 5.82 Å². The molecule has 1 atom stereocenters. The summed E-state index contributed by atoms with van der Waals surface area (Å²) in [4.78, 5) is 6.48. The summed E-state index contributed by atoms with van der Waals surface area (Å²) in [5.74, 6) is 0.927. The highest BCUT2D eigenvalue weighted by Crippen LogP contribution is 2.22. The number of hydrogen-bond acceptors (Lipinski definition) is 4. The lowest BCUT2D eigenvalue weighted by molar-refractivity contribution is 0.154. The van der Waals surface area contributed by atoms with Crippen molar-refractivity contribution in [2.75, 3.05) is 18.0 Å². The highest BCUT2D eigenvalue weighted by atomic mass is 16.3. The molecule has 0 amide bonds. The number of aliphatic hydroxyl groups excluding tert-OH is 2. The van der Waals surface area contributed by atoms with Crippen LogP contribution in [0, 0.1) is 6.92 Å². The van der Waals surface area contributed by atoms with Crippen molar-refractivity contribution in [2.45, 2.75) is 32.5 Å². The number of aryl methyl sites for hydroxylation is 1. The zero-order chi connectivity index (χ0) is 11.5. The second-order valence-corrected chi connectivity index (χ2v) is 4.38. The Hall–Kier alpha value is -1.13. The van der Waals surface area contributed by atoms with E-state index in [4.69, 9.17) is 5.11 Å². The van der Waals surface area contributed by atoms with E-state index in [0.717, 1.165) is 36.3 Å². The molecule has 88 valence electrons. The van der Waals surface area contributed by atoms with Gasteiger partial charge in [0.05, 0.1) is 12.7 Å². The molecule has 1 saturated heterocycles. The first kappa shape index (κ1) is 11.4. The maximum atomic E-state index is 9.62. The van der Waals surface area contributed by atoms with E-state index in [1.54, 1.807) is 6.20 Å². The Morgan fingerprint density at radius 3 is 3.00 bits per heavy atom. The molecule has 0 spiro atoms. The number of pyridine rings is 1. The molecule has 4 heteroatoms. The molecule has 0 aromatic carbocycles. The SMILES string of the molecule is Cc1cc(CO)cnc1N1CCCC(O)C1. The zero-order valence-corrected chi connectivity index (χ0v) is 9.56. The molecule has 0 aliphatic carbocycles. The normalized spacial score (nSPS) is 21.2. The van der Waals surface area contributed by atoms with Crippen LogP contribution in [0.5, 0.6) is 0 Å². The van der Waals surface area contributed by atoms with Gasteiger partial charge in [0.25, 0.3) is 0 Å². The second-order valence-electron chi connectivity index (χ2n) is 4.38. The van der Waals surface area contributed by atoms with Gasteiger partial charge >= 0.3 is 0 Å². The van der Waals surface area contributed by atoms with Crippen LogP contribution in [0.15, 0.2) is 12.3 Å². The quantitative estimate of drug-likeness (QED) is 0.778. The minimum Gasteiger partial charge on any atom is -0.392 e. The minimum atomic E-state index is -0.243. The van der Waals surface area contributed by atoms with Gasteiger partial charge in [0.1, 0.15) is 5.82 Å². The Morgan fingerprint density at radius 2 is 2.38 bits per heavy atom. The number of rotatable bonds is 2. The van der Waals surface area contributed by atoms with Crippen molar-refractivity contribution < 1.29 is 10.2 Å². The van der Waals surface area contributed by atoms with Gasteiger partial charge in [0, 0.05) is 19.3 Å². The topological polar surface area (TPSA) is 56.6 Å². The lowest BCUT2D eigenvalue weighted by Gasteiger charge is -2.32. The highest BCUT2D eigenvalue weighted by molar-refractivity contribution is 5.47. The van der Waals surface area contributed by atoms with E-state index in [-0.39, 0.29) is 12.7 Å². The molecule has 2 N–H and O–H groups in total. The lowest BCUT2D eigenvalue weighted by atomic mass is 10.1. The van der Waals surface area contributed by atoms with E-state index in [2.05, 4.69) is 9.88 Å². The molecule has 0 radical (unpaired) electrons. The van der Waals surface area contributed by atoms with Crippen LogP contribution in [-0.2, 0) is 6.61 Å². The van der Waals surface area contributed by atoms with Crippen molar-refractivity contribution in [1.29, 1.82) is 0 Å². The van der Waals surface area contributed by atoms with Gasteiger partial charge in [-0.1, -0.05) is 0 Å². The van der Waals surface area contributed by atoms with Crippen LogP contribution >= 0.6 is 0 Å². The molecular weight excluding hydrogens is 204 g/mol. The summed E-state index contributed by atoms with van der Waals surface area (Å²) in [6, 6.07) is 1.95. The van der Waals surface area contributed by atoms with Crippen molar-refractivity contribution in [3.8, 4) is 0 Å². The van der Waals surface area contributed by atoms with Gasteiger partial charge in [0.15, 0.2) is 0 Å². The Balaban J connectivity index is 2.19. The first-order valence-electron chi connectivity index (χ1n) is 5.70. The van der Waals surface area contributed by atoms with Crippen molar-refractivity contribution in [3.05, 3.63) is 23.4 Å². The number of β-amino-alcohol motifs (C(OH)–C–C–N with tert-alkyl or cyclic N) is 1.